The highest BCUT2D eigenvalue weighted by atomic mass is 16.2. The van der Waals surface area contributed by atoms with E-state index in [0.717, 1.165) is 51.0 Å². The van der Waals surface area contributed by atoms with E-state index in [1.54, 1.807) is 0 Å². The quantitative estimate of drug-likeness (QED) is 0.706. The largest absolute Gasteiger partial charge is 0.339 e. The maximum absolute atomic E-state index is 13.0. The molecule has 1 spiro atoms. The lowest BCUT2D eigenvalue weighted by atomic mass is 9.85. The number of anilines is 1. The molecule has 2 fully saturated rings. The molecular formula is C21H30N4O. The number of carbonyl (C=O) groups is 1. The van der Waals surface area contributed by atoms with Crippen LogP contribution in [0, 0.1) is 11.3 Å². The minimum atomic E-state index is -0.362. The zero-order valence-corrected chi connectivity index (χ0v) is 15.9. The molecule has 0 N–H and O–H groups in total. The number of nitrogens with zero attached hydrogens (tertiary/aromatic N) is 4. The lowest BCUT2D eigenvalue weighted by Crippen LogP contribution is -2.56. The first-order valence-corrected chi connectivity index (χ1v) is 9.85. The first kappa shape index (κ1) is 18.7. The topological polar surface area (TPSA) is 50.6 Å². The smallest absolute Gasteiger partial charge is 0.249 e. The third kappa shape index (κ3) is 3.86. The zero-order chi connectivity index (χ0) is 18.4. The van der Waals surface area contributed by atoms with Crippen molar-refractivity contribution in [2.45, 2.75) is 50.5 Å². The third-order valence-electron chi connectivity index (χ3n) is 5.88. The van der Waals surface area contributed by atoms with Crippen molar-refractivity contribution < 1.29 is 4.79 Å². The molecule has 3 rings (SSSR count). The summed E-state index contributed by atoms with van der Waals surface area (Å²) >= 11 is 0. The van der Waals surface area contributed by atoms with Gasteiger partial charge in [0.05, 0.1) is 12.7 Å². The average Bonchev–Trinajstić information content (AvgIpc) is 2.92. The summed E-state index contributed by atoms with van der Waals surface area (Å²) in [5.41, 5.74) is 0.787. The second kappa shape index (κ2) is 8.55. The SMILES string of the molecule is CN1CN(c2ccccc2)C2(CCN(CCCCCCC#N)CC2)C1=O. The molecule has 0 atom stereocenters. The molecule has 0 unspecified atom stereocenters. The summed E-state index contributed by atoms with van der Waals surface area (Å²) in [5.74, 6) is 0.275. The first-order valence-electron chi connectivity index (χ1n) is 9.85. The van der Waals surface area contributed by atoms with Crippen LogP contribution < -0.4 is 4.90 Å². The Bertz CT molecular complexity index is 631. The molecule has 1 aromatic rings. The van der Waals surface area contributed by atoms with Crippen molar-refractivity contribution in [3.63, 3.8) is 0 Å². The summed E-state index contributed by atoms with van der Waals surface area (Å²) < 4.78 is 0. The van der Waals surface area contributed by atoms with Gasteiger partial charge in [0, 0.05) is 32.2 Å². The molecule has 0 bridgehead atoms. The fourth-order valence-electron chi connectivity index (χ4n) is 4.34. The molecular weight excluding hydrogens is 324 g/mol. The molecule has 0 aromatic heterocycles. The number of hydrogen-bond donors (Lipinski definition) is 0. The van der Waals surface area contributed by atoms with Gasteiger partial charge in [0.2, 0.25) is 5.91 Å². The lowest BCUT2D eigenvalue weighted by Gasteiger charge is -2.43. The highest BCUT2D eigenvalue weighted by Gasteiger charge is 2.52. The monoisotopic (exact) mass is 354 g/mol. The normalized spacial score (nSPS) is 19.9. The van der Waals surface area contributed by atoms with Gasteiger partial charge in [0.1, 0.15) is 5.54 Å². The van der Waals surface area contributed by atoms with E-state index in [1.165, 1.54) is 12.8 Å². The number of likely N-dealkylation sites (N-methyl/N-ethyl adjacent to an activating group) is 1. The first-order chi connectivity index (χ1) is 12.7. The number of rotatable bonds is 7. The van der Waals surface area contributed by atoms with Crippen LogP contribution in [0.1, 0.15) is 44.9 Å². The molecule has 5 nitrogen and oxygen atoms in total. The zero-order valence-electron chi connectivity index (χ0n) is 15.9. The Balaban J connectivity index is 1.56. The van der Waals surface area contributed by atoms with Crippen molar-refractivity contribution >= 4 is 11.6 Å². The van der Waals surface area contributed by atoms with Crippen LogP contribution >= 0.6 is 0 Å². The molecule has 0 saturated carbocycles. The van der Waals surface area contributed by atoms with Crippen molar-refractivity contribution in [1.82, 2.24) is 9.80 Å². The maximum atomic E-state index is 13.0. The van der Waals surface area contributed by atoms with Crippen molar-refractivity contribution in [2.24, 2.45) is 0 Å². The molecule has 2 aliphatic heterocycles. The van der Waals surface area contributed by atoms with Crippen molar-refractivity contribution in [3.05, 3.63) is 30.3 Å². The van der Waals surface area contributed by atoms with E-state index in [-0.39, 0.29) is 11.4 Å². The van der Waals surface area contributed by atoms with E-state index in [2.05, 4.69) is 28.0 Å². The molecule has 1 aromatic carbocycles. The molecule has 140 valence electrons. The summed E-state index contributed by atoms with van der Waals surface area (Å²) in [5, 5.41) is 8.58. The van der Waals surface area contributed by atoms with Crippen molar-refractivity contribution in [1.29, 1.82) is 5.26 Å². The summed E-state index contributed by atoms with van der Waals surface area (Å²) in [6, 6.07) is 12.6. The molecule has 2 heterocycles. The number of carbonyl (C=O) groups excluding carboxylic acids is 1. The maximum Gasteiger partial charge on any atom is 0.249 e. The highest BCUT2D eigenvalue weighted by Crippen LogP contribution is 2.38. The molecule has 1 amide bonds. The van der Waals surface area contributed by atoms with E-state index in [9.17, 15) is 4.79 Å². The minimum Gasteiger partial charge on any atom is -0.339 e. The van der Waals surface area contributed by atoms with Gasteiger partial charge in [-0.25, -0.2) is 0 Å². The van der Waals surface area contributed by atoms with Crippen LogP contribution in [-0.2, 0) is 4.79 Å². The van der Waals surface area contributed by atoms with Gasteiger partial charge in [-0.05, 0) is 44.4 Å². The Morgan fingerprint density at radius 2 is 1.77 bits per heavy atom. The van der Waals surface area contributed by atoms with Gasteiger partial charge in [0.25, 0.3) is 0 Å². The van der Waals surface area contributed by atoms with Gasteiger partial charge in [-0.1, -0.05) is 31.0 Å². The van der Waals surface area contributed by atoms with E-state index >= 15 is 0 Å². The summed E-state index contributed by atoms with van der Waals surface area (Å²) in [6.07, 6.45) is 7.04. The second-order valence-electron chi connectivity index (χ2n) is 7.60. The van der Waals surface area contributed by atoms with E-state index in [4.69, 9.17) is 5.26 Å². The van der Waals surface area contributed by atoms with Crippen LogP contribution in [-0.4, -0.2) is 54.6 Å². The van der Waals surface area contributed by atoms with Crippen LogP contribution in [0.4, 0.5) is 5.69 Å². The van der Waals surface area contributed by atoms with Crippen molar-refractivity contribution in [3.8, 4) is 6.07 Å². The van der Waals surface area contributed by atoms with Gasteiger partial charge >= 0.3 is 0 Å². The molecule has 0 radical (unpaired) electrons. The Morgan fingerprint density at radius 3 is 2.46 bits per heavy atom. The standard InChI is InChI=1S/C21H30N4O/c1-23-18-25(19-10-6-5-7-11-19)21(20(23)26)12-16-24(17-13-21)15-9-4-2-3-8-14-22/h5-7,10-11H,2-4,8-9,12-13,15-18H2,1H3. The molecule has 2 aliphatic rings. The minimum absolute atomic E-state index is 0.275. The van der Waals surface area contributed by atoms with Gasteiger partial charge in [-0.2, -0.15) is 5.26 Å². The third-order valence-corrected chi connectivity index (χ3v) is 5.88. The summed E-state index contributed by atoms with van der Waals surface area (Å²) in [6.45, 7) is 3.77. The summed E-state index contributed by atoms with van der Waals surface area (Å²) in [4.78, 5) is 19.7. The second-order valence-corrected chi connectivity index (χ2v) is 7.60. The summed E-state index contributed by atoms with van der Waals surface area (Å²) in [7, 11) is 1.92. The molecule has 2 saturated heterocycles. The van der Waals surface area contributed by atoms with E-state index in [0.29, 0.717) is 13.1 Å². The fraction of sp³-hybridized carbons (Fsp3) is 0.619. The number of nitriles is 1. The van der Waals surface area contributed by atoms with Gasteiger partial charge in [-0.15, -0.1) is 0 Å². The van der Waals surface area contributed by atoms with Crippen LogP contribution in [0.3, 0.4) is 0 Å². The van der Waals surface area contributed by atoms with Crippen molar-refractivity contribution in [2.75, 3.05) is 38.3 Å². The Labute approximate surface area is 157 Å². The fourth-order valence-corrected chi connectivity index (χ4v) is 4.34. The molecule has 5 heteroatoms. The predicted molar refractivity (Wildman–Crippen MR) is 104 cm³/mol. The predicted octanol–water partition coefficient (Wildman–Crippen LogP) is 3.23. The number of benzene rings is 1. The van der Waals surface area contributed by atoms with Gasteiger partial charge < -0.3 is 14.7 Å². The number of unbranched alkanes of at least 4 members (excludes halogenated alkanes) is 4. The van der Waals surface area contributed by atoms with E-state index < -0.39 is 0 Å². The number of hydrogen-bond acceptors (Lipinski definition) is 4. The Kier molecular flexibility index (Phi) is 6.16. The highest BCUT2D eigenvalue weighted by molar-refractivity contribution is 5.93. The number of para-hydroxylation sites is 1. The van der Waals surface area contributed by atoms with Gasteiger partial charge in [-0.3, -0.25) is 4.79 Å². The number of piperidine rings is 1. The molecule has 26 heavy (non-hydrogen) atoms. The Morgan fingerprint density at radius 1 is 1.08 bits per heavy atom. The van der Waals surface area contributed by atoms with Crippen LogP contribution in [0.2, 0.25) is 0 Å². The molecule has 0 aliphatic carbocycles. The lowest BCUT2D eigenvalue weighted by molar-refractivity contribution is -0.132. The Hall–Kier alpha value is -2.06. The van der Waals surface area contributed by atoms with Crippen LogP contribution in [0.15, 0.2) is 30.3 Å². The van der Waals surface area contributed by atoms with E-state index in [1.807, 2.05) is 30.1 Å². The van der Waals surface area contributed by atoms with Gasteiger partial charge in [0.15, 0.2) is 0 Å². The van der Waals surface area contributed by atoms with Crippen LogP contribution in [0.5, 0.6) is 0 Å². The number of likely N-dealkylation sites (tertiary alicyclic amines) is 1. The average molecular weight is 354 g/mol. The van der Waals surface area contributed by atoms with Crippen LogP contribution in [0.25, 0.3) is 0 Å². The number of amides is 1.